The van der Waals surface area contributed by atoms with Crippen molar-refractivity contribution < 1.29 is 33.6 Å². The molecule has 0 aromatic carbocycles. The summed E-state index contributed by atoms with van der Waals surface area (Å²) in [7, 11) is 1.52. The lowest BCUT2D eigenvalue weighted by atomic mass is 9.98. The Kier molecular flexibility index (Phi) is 6.57. The number of rotatable bonds is 7. The summed E-state index contributed by atoms with van der Waals surface area (Å²) in [6, 6.07) is 1.98. The lowest BCUT2D eigenvalue weighted by Crippen LogP contribution is -2.41. The van der Waals surface area contributed by atoms with E-state index in [0.717, 1.165) is 12.8 Å². The Morgan fingerprint density at radius 2 is 2.06 bits per heavy atom. The van der Waals surface area contributed by atoms with Crippen molar-refractivity contribution in [2.45, 2.75) is 37.3 Å². The zero-order valence-corrected chi connectivity index (χ0v) is 19.0. The van der Waals surface area contributed by atoms with Crippen molar-refractivity contribution in [3.05, 3.63) is 11.1 Å². The van der Waals surface area contributed by atoms with E-state index in [-0.39, 0.29) is 43.4 Å². The van der Waals surface area contributed by atoms with Gasteiger partial charge in [0, 0.05) is 20.2 Å². The topological polar surface area (TPSA) is 128 Å². The largest absolute Gasteiger partial charge is 0.476 e. The highest BCUT2D eigenvalue weighted by atomic mass is 35.5. The molecule has 0 saturated carbocycles. The number of hydrogen-bond acceptors (Lipinski definition) is 9. The number of piperidine rings is 1. The average Bonchev–Trinajstić information content (AvgIpc) is 3.49. The van der Waals surface area contributed by atoms with Gasteiger partial charge in [-0.1, -0.05) is 11.6 Å². The number of pyridine rings is 1. The molecule has 3 aliphatic heterocycles. The number of aliphatic hydroxyl groups is 1. The van der Waals surface area contributed by atoms with Crippen LogP contribution in [0.4, 0.5) is 0 Å². The van der Waals surface area contributed by atoms with Crippen LogP contribution in [0.3, 0.4) is 0 Å². The van der Waals surface area contributed by atoms with Crippen molar-refractivity contribution >= 4 is 28.7 Å². The van der Waals surface area contributed by atoms with Gasteiger partial charge in [0.2, 0.25) is 11.8 Å². The summed E-state index contributed by atoms with van der Waals surface area (Å²) in [6.07, 6.45) is -0.0363. The molecule has 1 amide bonds. The zero-order valence-electron chi connectivity index (χ0n) is 18.2. The molecule has 0 bridgehead atoms. The number of methoxy groups -OCH3 is 1. The minimum Gasteiger partial charge on any atom is -0.476 e. The van der Waals surface area contributed by atoms with Gasteiger partial charge in [0.15, 0.2) is 11.8 Å². The summed E-state index contributed by atoms with van der Waals surface area (Å²) in [4.78, 5) is 25.6. The first kappa shape index (κ1) is 22.6. The number of nitrogens with one attached hydrogen (secondary N) is 1. The number of carbonyl (C=O) groups is 1. The third-order valence-electron chi connectivity index (χ3n) is 6.31. The van der Waals surface area contributed by atoms with Gasteiger partial charge in [-0.2, -0.15) is 9.97 Å². The van der Waals surface area contributed by atoms with E-state index in [2.05, 4.69) is 15.0 Å². The third-order valence-corrected chi connectivity index (χ3v) is 6.58. The summed E-state index contributed by atoms with van der Waals surface area (Å²) in [5, 5.41) is 10.2. The van der Waals surface area contributed by atoms with Crippen molar-refractivity contribution in [3.8, 4) is 11.9 Å². The fourth-order valence-electron chi connectivity index (χ4n) is 4.49. The molecular weight excluding hydrogens is 456 g/mol. The quantitative estimate of drug-likeness (QED) is 0.588. The summed E-state index contributed by atoms with van der Waals surface area (Å²) >= 11 is 6.38. The number of amides is 1. The zero-order chi connectivity index (χ0) is 22.9. The van der Waals surface area contributed by atoms with Gasteiger partial charge in [-0.05, 0) is 24.8 Å². The van der Waals surface area contributed by atoms with E-state index in [1.54, 1.807) is 6.07 Å². The van der Waals surface area contributed by atoms with Gasteiger partial charge in [-0.3, -0.25) is 4.79 Å². The van der Waals surface area contributed by atoms with Gasteiger partial charge in [-0.25, -0.2) is 0 Å². The number of hydrogen-bond donors (Lipinski definition) is 2. The summed E-state index contributed by atoms with van der Waals surface area (Å²) in [5.74, 6) is 0.630. The summed E-state index contributed by atoms with van der Waals surface area (Å²) in [6.45, 7) is 2.48. The first-order chi connectivity index (χ1) is 16.0. The van der Waals surface area contributed by atoms with E-state index >= 15 is 0 Å². The molecule has 2 aromatic heterocycles. The molecule has 12 heteroatoms. The maximum Gasteiger partial charge on any atom is 0.296 e. The van der Waals surface area contributed by atoms with Crippen LogP contribution < -0.4 is 9.47 Å². The monoisotopic (exact) mass is 482 g/mol. The minimum absolute atomic E-state index is 0.0129. The fraction of sp³-hybridized carbons (Fsp3) is 0.667. The second kappa shape index (κ2) is 9.59. The van der Waals surface area contributed by atoms with Crippen molar-refractivity contribution in [1.29, 1.82) is 0 Å². The van der Waals surface area contributed by atoms with Crippen LogP contribution in [0.25, 0.3) is 11.2 Å². The molecule has 0 radical (unpaired) electrons. The van der Waals surface area contributed by atoms with Crippen LogP contribution in [-0.4, -0.2) is 102 Å². The van der Waals surface area contributed by atoms with Crippen LogP contribution in [0.2, 0.25) is 5.02 Å². The Morgan fingerprint density at radius 1 is 1.27 bits per heavy atom. The molecule has 3 aliphatic rings. The fourth-order valence-corrected chi connectivity index (χ4v) is 4.69. The van der Waals surface area contributed by atoms with Crippen LogP contribution in [0, 0.1) is 5.92 Å². The summed E-state index contributed by atoms with van der Waals surface area (Å²) < 4.78 is 27.9. The molecule has 2 aromatic rings. The molecule has 180 valence electrons. The molecule has 3 fully saturated rings. The number of likely N-dealkylation sites (tertiary alicyclic amines) is 1. The molecule has 11 nitrogen and oxygen atoms in total. The lowest BCUT2D eigenvalue weighted by molar-refractivity contribution is -0.136. The van der Waals surface area contributed by atoms with E-state index in [4.69, 9.17) is 35.3 Å². The highest BCUT2D eigenvalue weighted by Gasteiger charge is 2.48. The van der Waals surface area contributed by atoms with Crippen LogP contribution in [0.5, 0.6) is 11.9 Å². The number of carbonyl (C=O) groups excluding carboxylic acids is 1. The van der Waals surface area contributed by atoms with Crippen LogP contribution >= 0.6 is 11.6 Å². The van der Waals surface area contributed by atoms with Crippen LogP contribution in [0.15, 0.2) is 6.07 Å². The van der Waals surface area contributed by atoms with E-state index in [1.165, 1.54) is 7.11 Å². The maximum absolute atomic E-state index is 11.9. The molecule has 5 heterocycles. The van der Waals surface area contributed by atoms with Gasteiger partial charge >= 0.3 is 0 Å². The van der Waals surface area contributed by atoms with Crippen LogP contribution in [0.1, 0.15) is 12.8 Å². The number of ether oxygens (including phenoxy) is 5. The molecule has 1 unspecified atom stereocenters. The predicted molar refractivity (Wildman–Crippen MR) is 115 cm³/mol. The minimum atomic E-state index is -0.641. The maximum atomic E-state index is 11.9. The molecule has 33 heavy (non-hydrogen) atoms. The number of aliphatic hydroxyl groups excluding tert-OH is 1. The smallest absolute Gasteiger partial charge is 0.296 e. The Hall–Kier alpha value is -2.18. The van der Waals surface area contributed by atoms with Crippen LogP contribution in [-0.2, 0) is 19.0 Å². The molecule has 5 rings (SSSR count). The molecule has 2 N–H and O–H groups in total. The Labute approximate surface area is 195 Å². The second-order valence-electron chi connectivity index (χ2n) is 8.58. The van der Waals surface area contributed by atoms with E-state index in [0.29, 0.717) is 54.3 Å². The first-order valence-corrected chi connectivity index (χ1v) is 11.4. The first-order valence-electron chi connectivity index (χ1n) is 11.1. The number of aromatic amines is 1. The normalized spacial score (nSPS) is 27.8. The Balaban J connectivity index is 1.18. The third kappa shape index (κ3) is 4.73. The van der Waals surface area contributed by atoms with Crippen molar-refractivity contribution in [3.63, 3.8) is 0 Å². The highest BCUT2D eigenvalue weighted by molar-refractivity contribution is 6.32. The van der Waals surface area contributed by atoms with Crippen molar-refractivity contribution in [2.24, 2.45) is 5.92 Å². The molecule has 0 spiro atoms. The van der Waals surface area contributed by atoms with Crippen molar-refractivity contribution in [2.75, 3.05) is 46.6 Å². The Bertz CT molecular complexity index is 996. The number of halogens is 1. The highest BCUT2D eigenvalue weighted by Crippen LogP contribution is 2.31. The number of imidazole rings is 1. The van der Waals surface area contributed by atoms with E-state index in [9.17, 15) is 9.90 Å². The standard InChI is InChI=1S/C21H27ClN4O7/c1-29-10-16(28)26-4-2-11(3-5-26)7-32-20-12(22)6-13-19(24-20)25-21(23-13)33-15-9-31-17-14(27)8-30-18(15)17/h6,11,14-15,17-18,27H,2-5,7-10H2,1H3,(H,23,24,25)/t14-,15-,17-,18?/m1/s1. The number of nitrogens with zero attached hydrogens (tertiary/aromatic N) is 3. The average molecular weight is 483 g/mol. The molecule has 3 saturated heterocycles. The SMILES string of the molecule is COCC(=O)N1CCC(COc2nc3nc(O[C@@H]4CO[C@H]5C4OC[C@H]5O)[nH]c3cc2Cl)CC1. The lowest BCUT2D eigenvalue weighted by Gasteiger charge is -2.31. The van der Waals surface area contributed by atoms with Gasteiger partial charge in [0.05, 0.1) is 25.3 Å². The van der Waals surface area contributed by atoms with E-state index in [1.807, 2.05) is 4.90 Å². The molecular formula is C21H27ClN4O7. The van der Waals surface area contributed by atoms with Gasteiger partial charge in [-0.15, -0.1) is 0 Å². The molecule has 4 atom stereocenters. The van der Waals surface area contributed by atoms with Gasteiger partial charge < -0.3 is 38.7 Å². The van der Waals surface area contributed by atoms with Gasteiger partial charge in [0.25, 0.3) is 6.01 Å². The molecule has 0 aliphatic carbocycles. The van der Waals surface area contributed by atoms with Crippen molar-refractivity contribution in [1.82, 2.24) is 19.9 Å². The number of fused-ring (bicyclic) bond motifs is 2. The second-order valence-corrected chi connectivity index (χ2v) is 8.98. The number of aromatic nitrogens is 3. The van der Waals surface area contributed by atoms with E-state index < -0.39 is 6.10 Å². The van der Waals surface area contributed by atoms with Gasteiger partial charge in [0.1, 0.15) is 29.9 Å². The Morgan fingerprint density at radius 3 is 2.85 bits per heavy atom. The summed E-state index contributed by atoms with van der Waals surface area (Å²) in [5.41, 5.74) is 1.04. The predicted octanol–water partition coefficient (Wildman–Crippen LogP) is 0.781. The number of H-pyrrole nitrogens is 1.